The Hall–Kier alpha value is -2.34. The molecule has 1 aromatic carbocycles. The molecule has 0 spiro atoms. The number of rotatable bonds is 4. The molecule has 0 saturated carbocycles. The van der Waals surface area contributed by atoms with Crippen molar-refractivity contribution in [1.29, 1.82) is 0 Å². The number of benzene rings is 1. The van der Waals surface area contributed by atoms with E-state index >= 15 is 0 Å². The van der Waals surface area contributed by atoms with Gasteiger partial charge in [-0.25, -0.2) is 4.79 Å². The third-order valence-electron chi connectivity index (χ3n) is 2.47. The fourth-order valence-electron chi connectivity index (χ4n) is 1.60. The molecule has 104 valence electrons. The Balaban J connectivity index is 1.83. The molecule has 20 heavy (non-hydrogen) atoms. The van der Waals surface area contributed by atoms with Crippen LogP contribution in [-0.4, -0.2) is 11.9 Å². The van der Waals surface area contributed by atoms with Crippen LogP contribution >= 0.6 is 11.3 Å². The van der Waals surface area contributed by atoms with Crippen LogP contribution in [0.1, 0.15) is 11.8 Å². The van der Waals surface area contributed by atoms with Gasteiger partial charge in [0.05, 0.1) is 6.54 Å². The van der Waals surface area contributed by atoms with Gasteiger partial charge in [0.25, 0.3) is 0 Å². The lowest BCUT2D eigenvalue weighted by atomic mass is 10.3. The summed E-state index contributed by atoms with van der Waals surface area (Å²) in [4.78, 5) is 23.7. The number of nitrogens with one attached hydrogen (secondary N) is 3. The van der Waals surface area contributed by atoms with Crippen molar-refractivity contribution in [3.63, 3.8) is 0 Å². The summed E-state index contributed by atoms with van der Waals surface area (Å²) in [6.45, 7) is 1.96. The molecular formula is C14H15N3O2S. The van der Waals surface area contributed by atoms with Gasteiger partial charge in [-0.05, 0) is 35.7 Å². The van der Waals surface area contributed by atoms with E-state index in [0.717, 1.165) is 4.88 Å². The third-order valence-corrected chi connectivity index (χ3v) is 3.34. The van der Waals surface area contributed by atoms with E-state index in [4.69, 9.17) is 0 Å². The van der Waals surface area contributed by atoms with Crippen molar-refractivity contribution < 1.29 is 9.59 Å². The first-order chi connectivity index (χ1) is 9.63. The summed E-state index contributed by atoms with van der Waals surface area (Å²) in [7, 11) is 0. The second-order valence-electron chi connectivity index (χ2n) is 4.15. The van der Waals surface area contributed by atoms with Gasteiger partial charge in [-0.2, -0.15) is 0 Å². The van der Waals surface area contributed by atoms with E-state index < -0.39 is 0 Å². The molecule has 0 saturated heterocycles. The summed E-state index contributed by atoms with van der Waals surface area (Å²) >= 11 is 1.60. The molecule has 0 aliphatic rings. The van der Waals surface area contributed by atoms with Crippen LogP contribution in [0, 0.1) is 0 Å². The van der Waals surface area contributed by atoms with Gasteiger partial charge in [0.1, 0.15) is 0 Å². The molecule has 6 heteroatoms. The van der Waals surface area contributed by atoms with Crippen LogP contribution in [0.2, 0.25) is 0 Å². The minimum atomic E-state index is -0.259. The Kier molecular flexibility index (Phi) is 4.73. The minimum Gasteiger partial charge on any atom is -0.333 e. The topological polar surface area (TPSA) is 70.2 Å². The van der Waals surface area contributed by atoms with Crippen LogP contribution in [0.4, 0.5) is 16.2 Å². The maximum absolute atomic E-state index is 11.7. The second kappa shape index (κ2) is 6.72. The standard InChI is InChI=1S/C14H15N3O2S/c1-10(18)16-11-4-6-12(7-5-11)17-14(19)15-9-13-3-2-8-20-13/h2-8H,9H2,1H3,(H,16,18)(H2,15,17,19). The molecule has 1 aromatic heterocycles. The van der Waals surface area contributed by atoms with Gasteiger partial charge in [-0.1, -0.05) is 6.07 Å². The molecule has 5 nitrogen and oxygen atoms in total. The normalized spacial score (nSPS) is 9.85. The fourth-order valence-corrected chi connectivity index (χ4v) is 2.24. The molecule has 3 N–H and O–H groups in total. The van der Waals surface area contributed by atoms with Crippen LogP contribution in [0.3, 0.4) is 0 Å². The number of thiophene rings is 1. The SMILES string of the molecule is CC(=O)Nc1ccc(NC(=O)NCc2cccs2)cc1. The summed E-state index contributed by atoms with van der Waals surface area (Å²) in [5.74, 6) is -0.126. The maximum atomic E-state index is 11.7. The Morgan fingerprint density at radius 1 is 1.05 bits per heavy atom. The zero-order valence-corrected chi connectivity index (χ0v) is 11.8. The van der Waals surface area contributed by atoms with Crippen molar-refractivity contribution >= 4 is 34.6 Å². The van der Waals surface area contributed by atoms with Crippen molar-refractivity contribution in [3.05, 3.63) is 46.7 Å². The van der Waals surface area contributed by atoms with E-state index in [2.05, 4.69) is 16.0 Å². The number of urea groups is 1. The Bertz CT molecular complexity index is 579. The number of carbonyl (C=O) groups excluding carboxylic acids is 2. The second-order valence-corrected chi connectivity index (χ2v) is 5.18. The van der Waals surface area contributed by atoms with Crippen LogP contribution < -0.4 is 16.0 Å². The zero-order valence-electron chi connectivity index (χ0n) is 11.0. The summed E-state index contributed by atoms with van der Waals surface area (Å²) in [6.07, 6.45) is 0. The number of hydrogen-bond donors (Lipinski definition) is 3. The van der Waals surface area contributed by atoms with Crippen LogP contribution in [0.15, 0.2) is 41.8 Å². The average Bonchev–Trinajstić information content (AvgIpc) is 2.91. The number of carbonyl (C=O) groups is 2. The van der Waals surface area contributed by atoms with Crippen molar-refractivity contribution in [2.24, 2.45) is 0 Å². The van der Waals surface area contributed by atoms with Crippen molar-refractivity contribution in [2.75, 3.05) is 10.6 Å². The predicted molar refractivity (Wildman–Crippen MR) is 80.9 cm³/mol. The van der Waals surface area contributed by atoms with Gasteiger partial charge in [-0.3, -0.25) is 4.79 Å². The highest BCUT2D eigenvalue weighted by Crippen LogP contribution is 2.13. The summed E-state index contributed by atoms with van der Waals surface area (Å²) in [5.41, 5.74) is 1.37. The first kappa shape index (κ1) is 14.1. The highest BCUT2D eigenvalue weighted by atomic mass is 32.1. The molecule has 0 bridgehead atoms. The first-order valence-electron chi connectivity index (χ1n) is 6.08. The Labute approximate surface area is 121 Å². The van der Waals surface area contributed by atoms with Gasteiger partial charge in [0.2, 0.25) is 5.91 Å². The lowest BCUT2D eigenvalue weighted by Gasteiger charge is -2.08. The third kappa shape index (κ3) is 4.40. The molecule has 0 aliphatic carbocycles. The quantitative estimate of drug-likeness (QED) is 0.809. The van der Waals surface area contributed by atoms with Crippen LogP contribution in [0.25, 0.3) is 0 Å². The summed E-state index contributed by atoms with van der Waals surface area (Å²) in [5, 5.41) is 10.1. The van der Waals surface area contributed by atoms with Gasteiger partial charge in [0, 0.05) is 23.2 Å². The molecule has 0 atom stereocenters. The van der Waals surface area contributed by atoms with Gasteiger partial charge < -0.3 is 16.0 Å². The fraction of sp³-hybridized carbons (Fsp3) is 0.143. The number of hydrogen-bond acceptors (Lipinski definition) is 3. The van der Waals surface area contributed by atoms with Gasteiger partial charge in [0.15, 0.2) is 0 Å². The Morgan fingerprint density at radius 3 is 2.25 bits per heavy atom. The first-order valence-corrected chi connectivity index (χ1v) is 6.96. The highest BCUT2D eigenvalue weighted by Gasteiger charge is 2.02. The molecule has 0 radical (unpaired) electrons. The maximum Gasteiger partial charge on any atom is 0.319 e. The lowest BCUT2D eigenvalue weighted by Crippen LogP contribution is -2.27. The minimum absolute atomic E-state index is 0.126. The van der Waals surface area contributed by atoms with Crippen molar-refractivity contribution in [1.82, 2.24) is 5.32 Å². The van der Waals surface area contributed by atoms with E-state index in [-0.39, 0.29) is 11.9 Å². The van der Waals surface area contributed by atoms with Crippen molar-refractivity contribution in [3.8, 4) is 0 Å². The molecule has 0 unspecified atom stereocenters. The smallest absolute Gasteiger partial charge is 0.319 e. The van der Waals surface area contributed by atoms with Crippen LogP contribution in [-0.2, 0) is 11.3 Å². The molecule has 1 heterocycles. The highest BCUT2D eigenvalue weighted by molar-refractivity contribution is 7.09. The van der Waals surface area contributed by atoms with Gasteiger partial charge >= 0.3 is 6.03 Å². The van der Waals surface area contributed by atoms with Crippen LogP contribution in [0.5, 0.6) is 0 Å². The van der Waals surface area contributed by atoms with E-state index in [0.29, 0.717) is 17.9 Å². The summed E-state index contributed by atoms with van der Waals surface area (Å²) in [6, 6.07) is 10.6. The molecule has 3 amide bonds. The Morgan fingerprint density at radius 2 is 1.70 bits per heavy atom. The van der Waals surface area contributed by atoms with E-state index in [1.807, 2.05) is 17.5 Å². The van der Waals surface area contributed by atoms with E-state index in [9.17, 15) is 9.59 Å². The van der Waals surface area contributed by atoms with Gasteiger partial charge in [-0.15, -0.1) is 11.3 Å². The molecule has 2 rings (SSSR count). The molecular weight excluding hydrogens is 274 g/mol. The number of amides is 3. The lowest BCUT2D eigenvalue weighted by molar-refractivity contribution is -0.114. The van der Waals surface area contributed by atoms with E-state index in [1.54, 1.807) is 35.6 Å². The monoisotopic (exact) mass is 289 g/mol. The predicted octanol–water partition coefficient (Wildman–Crippen LogP) is 3.03. The zero-order chi connectivity index (χ0) is 14.4. The molecule has 2 aromatic rings. The largest absolute Gasteiger partial charge is 0.333 e. The summed E-state index contributed by atoms with van der Waals surface area (Å²) < 4.78 is 0. The average molecular weight is 289 g/mol. The van der Waals surface area contributed by atoms with E-state index in [1.165, 1.54) is 6.92 Å². The van der Waals surface area contributed by atoms with Crippen molar-refractivity contribution in [2.45, 2.75) is 13.5 Å². The molecule has 0 aliphatic heterocycles. The molecule has 0 fully saturated rings. The number of anilines is 2.